The number of benzene rings is 1. The third-order valence-electron chi connectivity index (χ3n) is 3.61. The monoisotopic (exact) mass is 261 g/mol. The number of carbonyl (C=O) groups excluding carboxylic acids is 1. The third-order valence-corrected chi connectivity index (χ3v) is 3.61. The first-order valence-electron chi connectivity index (χ1n) is 6.65. The number of aliphatic carboxylic acids is 1. The van der Waals surface area contributed by atoms with Gasteiger partial charge in [0.25, 0.3) is 0 Å². The van der Waals surface area contributed by atoms with Crippen LogP contribution in [-0.4, -0.2) is 23.0 Å². The van der Waals surface area contributed by atoms with Crippen molar-refractivity contribution in [2.24, 2.45) is 5.92 Å². The van der Waals surface area contributed by atoms with Crippen LogP contribution in [0, 0.1) is 12.8 Å². The van der Waals surface area contributed by atoms with Gasteiger partial charge in [0.15, 0.2) is 0 Å². The SMILES string of the molecule is Cc1cccc(C[C@H](NC(=O)C2CCC2)C(=O)O)c1. The molecule has 1 amide bonds. The molecule has 1 saturated carbocycles. The second-order valence-electron chi connectivity index (χ2n) is 5.22. The number of carboxylic acid groups (broad SMARTS) is 1. The molecule has 1 aliphatic rings. The van der Waals surface area contributed by atoms with Crippen LogP contribution in [0.1, 0.15) is 30.4 Å². The van der Waals surface area contributed by atoms with Gasteiger partial charge in [-0.15, -0.1) is 0 Å². The van der Waals surface area contributed by atoms with Crippen LogP contribution in [0.25, 0.3) is 0 Å². The van der Waals surface area contributed by atoms with Crippen molar-refractivity contribution in [1.82, 2.24) is 5.32 Å². The Morgan fingerprint density at radius 2 is 2.16 bits per heavy atom. The molecule has 0 aromatic heterocycles. The van der Waals surface area contributed by atoms with Crippen LogP contribution >= 0.6 is 0 Å². The molecule has 0 saturated heterocycles. The van der Waals surface area contributed by atoms with Gasteiger partial charge in [0, 0.05) is 12.3 Å². The van der Waals surface area contributed by atoms with Gasteiger partial charge in [0.1, 0.15) is 6.04 Å². The van der Waals surface area contributed by atoms with Crippen molar-refractivity contribution in [2.45, 2.75) is 38.6 Å². The Balaban J connectivity index is 1.99. The van der Waals surface area contributed by atoms with E-state index in [-0.39, 0.29) is 11.8 Å². The van der Waals surface area contributed by atoms with Crippen molar-refractivity contribution >= 4 is 11.9 Å². The number of nitrogens with one attached hydrogen (secondary N) is 1. The maximum absolute atomic E-state index is 11.8. The van der Waals surface area contributed by atoms with Crippen LogP contribution in [0.5, 0.6) is 0 Å². The lowest BCUT2D eigenvalue weighted by atomic mass is 9.84. The molecule has 4 heteroatoms. The molecule has 0 bridgehead atoms. The van der Waals surface area contributed by atoms with Crippen LogP contribution in [0.4, 0.5) is 0 Å². The Morgan fingerprint density at radius 1 is 1.42 bits per heavy atom. The van der Waals surface area contributed by atoms with E-state index in [2.05, 4.69) is 5.32 Å². The molecule has 0 heterocycles. The van der Waals surface area contributed by atoms with Crippen molar-refractivity contribution in [3.63, 3.8) is 0 Å². The zero-order valence-corrected chi connectivity index (χ0v) is 11.1. The van der Waals surface area contributed by atoms with E-state index in [1.165, 1.54) is 0 Å². The van der Waals surface area contributed by atoms with Crippen LogP contribution in [-0.2, 0) is 16.0 Å². The van der Waals surface area contributed by atoms with Crippen LogP contribution < -0.4 is 5.32 Å². The quantitative estimate of drug-likeness (QED) is 0.850. The van der Waals surface area contributed by atoms with Crippen LogP contribution in [0.15, 0.2) is 24.3 Å². The Morgan fingerprint density at radius 3 is 2.68 bits per heavy atom. The summed E-state index contributed by atoms with van der Waals surface area (Å²) in [6.07, 6.45) is 3.15. The first kappa shape index (κ1) is 13.6. The molecule has 2 N–H and O–H groups in total. The van der Waals surface area contributed by atoms with Gasteiger partial charge in [-0.05, 0) is 25.3 Å². The number of carboxylic acids is 1. The van der Waals surface area contributed by atoms with E-state index in [1.54, 1.807) is 0 Å². The normalized spacial score (nSPS) is 16.5. The van der Waals surface area contributed by atoms with E-state index < -0.39 is 12.0 Å². The number of hydrogen-bond donors (Lipinski definition) is 2. The van der Waals surface area contributed by atoms with Crippen LogP contribution in [0.2, 0.25) is 0 Å². The number of hydrogen-bond acceptors (Lipinski definition) is 2. The molecule has 0 unspecified atom stereocenters. The standard InChI is InChI=1S/C15H19NO3/c1-10-4-2-5-11(8-10)9-13(15(18)19)16-14(17)12-6-3-7-12/h2,4-5,8,12-13H,3,6-7,9H2,1H3,(H,16,17)(H,18,19)/t13-/m0/s1. The van der Waals surface area contributed by atoms with Crippen molar-refractivity contribution in [2.75, 3.05) is 0 Å². The van der Waals surface area contributed by atoms with Gasteiger partial charge in [0.05, 0.1) is 0 Å². The Hall–Kier alpha value is -1.84. The minimum absolute atomic E-state index is 0.0133. The minimum atomic E-state index is -0.978. The van der Waals surface area contributed by atoms with Crippen molar-refractivity contribution in [3.05, 3.63) is 35.4 Å². The van der Waals surface area contributed by atoms with E-state index in [4.69, 9.17) is 0 Å². The molecular weight excluding hydrogens is 242 g/mol. The highest BCUT2D eigenvalue weighted by molar-refractivity contribution is 5.85. The summed E-state index contributed by atoms with van der Waals surface area (Å²) in [4.78, 5) is 23.1. The fraction of sp³-hybridized carbons (Fsp3) is 0.467. The first-order chi connectivity index (χ1) is 9.06. The number of carbonyl (C=O) groups is 2. The number of amides is 1. The molecule has 1 atom stereocenters. The molecule has 19 heavy (non-hydrogen) atoms. The predicted octanol–water partition coefficient (Wildman–Crippen LogP) is 1.91. The van der Waals surface area contributed by atoms with E-state index >= 15 is 0 Å². The Labute approximate surface area is 112 Å². The first-order valence-corrected chi connectivity index (χ1v) is 6.65. The molecule has 2 rings (SSSR count). The minimum Gasteiger partial charge on any atom is -0.480 e. The maximum atomic E-state index is 11.8. The van der Waals surface area contributed by atoms with E-state index in [0.717, 1.165) is 30.4 Å². The average Bonchev–Trinajstić information content (AvgIpc) is 2.25. The van der Waals surface area contributed by atoms with Gasteiger partial charge < -0.3 is 10.4 Å². The summed E-state index contributed by atoms with van der Waals surface area (Å²) < 4.78 is 0. The molecule has 1 aliphatic carbocycles. The number of rotatable bonds is 5. The van der Waals surface area contributed by atoms with Gasteiger partial charge >= 0.3 is 5.97 Å². The zero-order valence-electron chi connectivity index (χ0n) is 11.1. The molecule has 1 fully saturated rings. The molecule has 102 valence electrons. The van der Waals surface area contributed by atoms with Gasteiger partial charge in [-0.1, -0.05) is 36.2 Å². The highest BCUT2D eigenvalue weighted by Gasteiger charge is 2.29. The summed E-state index contributed by atoms with van der Waals surface area (Å²) >= 11 is 0. The smallest absolute Gasteiger partial charge is 0.326 e. The van der Waals surface area contributed by atoms with Crippen molar-refractivity contribution < 1.29 is 14.7 Å². The molecule has 1 aromatic rings. The second kappa shape index (κ2) is 5.87. The lowest BCUT2D eigenvalue weighted by molar-refractivity contribution is -0.143. The largest absolute Gasteiger partial charge is 0.480 e. The number of aryl methyl sites for hydroxylation is 1. The summed E-state index contributed by atoms with van der Waals surface area (Å²) in [5.41, 5.74) is 2.02. The second-order valence-corrected chi connectivity index (χ2v) is 5.22. The molecule has 1 aromatic carbocycles. The van der Waals surface area contributed by atoms with Crippen molar-refractivity contribution in [1.29, 1.82) is 0 Å². The summed E-state index contributed by atoms with van der Waals surface area (Å²) in [6.45, 7) is 1.96. The van der Waals surface area contributed by atoms with E-state index in [1.807, 2.05) is 31.2 Å². The Bertz CT molecular complexity index is 480. The maximum Gasteiger partial charge on any atom is 0.326 e. The summed E-state index contributed by atoms with van der Waals surface area (Å²) in [5, 5.41) is 11.9. The predicted molar refractivity (Wildman–Crippen MR) is 71.8 cm³/mol. The molecule has 0 radical (unpaired) electrons. The topological polar surface area (TPSA) is 66.4 Å². The summed E-state index contributed by atoms with van der Waals surface area (Å²) in [7, 11) is 0. The van der Waals surface area contributed by atoms with Crippen molar-refractivity contribution in [3.8, 4) is 0 Å². The molecule has 4 nitrogen and oxygen atoms in total. The average molecular weight is 261 g/mol. The van der Waals surface area contributed by atoms with Gasteiger partial charge in [-0.2, -0.15) is 0 Å². The fourth-order valence-electron chi connectivity index (χ4n) is 2.23. The van der Waals surface area contributed by atoms with E-state index in [0.29, 0.717) is 6.42 Å². The summed E-state index contributed by atoms with van der Waals surface area (Å²) in [6, 6.07) is 6.86. The zero-order chi connectivity index (χ0) is 13.8. The molecule has 0 spiro atoms. The fourth-order valence-corrected chi connectivity index (χ4v) is 2.23. The lowest BCUT2D eigenvalue weighted by Crippen LogP contribution is -2.46. The molecular formula is C15H19NO3. The summed E-state index contributed by atoms with van der Waals surface area (Å²) in [5.74, 6) is -1.08. The molecule has 0 aliphatic heterocycles. The third kappa shape index (κ3) is 3.56. The van der Waals surface area contributed by atoms with Gasteiger partial charge in [-0.25, -0.2) is 4.79 Å². The lowest BCUT2D eigenvalue weighted by Gasteiger charge is -2.26. The highest BCUT2D eigenvalue weighted by Crippen LogP contribution is 2.26. The Kier molecular flexibility index (Phi) is 4.20. The van der Waals surface area contributed by atoms with Crippen LogP contribution in [0.3, 0.4) is 0 Å². The van der Waals surface area contributed by atoms with E-state index in [9.17, 15) is 14.7 Å². The highest BCUT2D eigenvalue weighted by atomic mass is 16.4. The van der Waals surface area contributed by atoms with Gasteiger partial charge in [-0.3, -0.25) is 4.79 Å². The van der Waals surface area contributed by atoms with Gasteiger partial charge in [0.2, 0.25) is 5.91 Å².